The zero-order valence-corrected chi connectivity index (χ0v) is 11.3. The quantitative estimate of drug-likeness (QED) is 0.838. The van der Waals surface area contributed by atoms with Gasteiger partial charge >= 0.3 is 0 Å². The van der Waals surface area contributed by atoms with Gasteiger partial charge in [0.15, 0.2) is 11.5 Å². The second kappa shape index (κ2) is 6.29. The minimum atomic E-state index is 0.310. The summed E-state index contributed by atoms with van der Waals surface area (Å²) in [5.41, 5.74) is 8.29. The Balaban J connectivity index is 2.18. The molecular weight excluding hydrogens is 240 g/mol. The van der Waals surface area contributed by atoms with Crippen LogP contribution in [0.4, 0.5) is 0 Å². The van der Waals surface area contributed by atoms with Gasteiger partial charge in [-0.15, -0.1) is 0 Å². The van der Waals surface area contributed by atoms with Gasteiger partial charge in [-0.05, 0) is 42.3 Å². The van der Waals surface area contributed by atoms with Crippen molar-refractivity contribution in [3.8, 4) is 11.5 Å². The van der Waals surface area contributed by atoms with Crippen LogP contribution in [-0.2, 0) is 6.42 Å². The first kappa shape index (κ1) is 13.5. The number of benzene rings is 1. The Morgan fingerprint density at radius 3 is 2.53 bits per heavy atom. The summed E-state index contributed by atoms with van der Waals surface area (Å²) >= 11 is 0. The highest BCUT2D eigenvalue weighted by atomic mass is 16.5. The lowest BCUT2D eigenvalue weighted by Gasteiger charge is -2.15. The molecule has 1 aromatic heterocycles. The molecule has 0 spiro atoms. The van der Waals surface area contributed by atoms with Crippen LogP contribution in [0.5, 0.6) is 11.5 Å². The van der Waals surface area contributed by atoms with E-state index in [-0.39, 0.29) is 0 Å². The fourth-order valence-electron chi connectivity index (χ4n) is 2.22. The van der Waals surface area contributed by atoms with E-state index < -0.39 is 0 Å². The van der Waals surface area contributed by atoms with Crippen LogP contribution >= 0.6 is 0 Å². The molecule has 19 heavy (non-hydrogen) atoms. The third-order valence-corrected chi connectivity index (χ3v) is 3.31. The Morgan fingerprint density at radius 2 is 1.95 bits per heavy atom. The summed E-state index contributed by atoms with van der Waals surface area (Å²) in [5, 5.41) is 0. The molecule has 0 aliphatic heterocycles. The van der Waals surface area contributed by atoms with E-state index in [1.54, 1.807) is 14.2 Å². The standard InChI is InChI=1S/C15H20N2O2/c1-18-14-4-3-11(8-15(14)19-2)7-13(9-16)12-5-6-17-10-12/h3-6,8,10,13,17H,7,9,16H2,1-2H3. The molecule has 0 bridgehead atoms. The SMILES string of the molecule is COc1ccc(CC(CN)c2cc[nH]c2)cc1OC. The van der Waals surface area contributed by atoms with Crippen molar-refractivity contribution in [1.29, 1.82) is 0 Å². The van der Waals surface area contributed by atoms with Gasteiger partial charge in [0.2, 0.25) is 0 Å². The third-order valence-electron chi connectivity index (χ3n) is 3.31. The molecule has 3 N–H and O–H groups in total. The van der Waals surface area contributed by atoms with E-state index in [1.807, 2.05) is 24.5 Å². The summed E-state index contributed by atoms with van der Waals surface area (Å²) in [6, 6.07) is 8.06. The van der Waals surface area contributed by atoms with Crippen LogP contribution in [0.25, 0.3) is 0 Å². The summed E-state index contributed by atoms with van der Waals surface area (Å²) in [4.78, 5) is 3.07. The van der Waals surface area contributed by atoms with Gasteiger partial charge in [-0.2, -0.15) is 0 Å². The first-order valence-corrected chi connectivity index (χ1v) is 6.32. The van der Waals surface area contributed by atoms with Crippen LogP contribution in [0.3, 0.4) is 0 Å². The Labute approximate surface area is 113 Å². The van der Waals surface area contributed by atoms with Crippen molar-refractivity contribution >= 4 is 0 Å². The average Bonchev–Trinajstić information content (AvgIpc) is 2.98. The first-order valence-electron chi connectivity index (χ1n) is 6.32. The number of nitrogens with two attached hydrogens (primary N) is 1. The van der Waals surface area contributed by atoms with Crippen LogP contribution in [-0.4, -0.2) is 25.7 Å². The maximum Gasteiger partial charge on any atom is 0.160 e. The number of H-pyrrole nitrogens is 1. The average molecular weight is 260 g/mol. The first-order chi connectivity index (χ1) is 9.28. The molecule has 0 aliphatic rings. The highest BCUT2D eigenvalue weighted by molar-refractivity contribution is 5.43. The zero-order chi connectivity index (χ0) is 13.7. The highest BCUT2D eigenvalue weighted by Gasteiger charge is 2.13. The van der Waals surface area contributed by atoms with Crippen molar-refractivity contribution in [1.82, 2.24) is 4.98 Å². The van der Waals surface area contributed by atoms with Crippen molar-refractivity contribution in [2.45, 2.75) is 12.3 Å². The summed E-state index contributed by atoms with van der Waals surface area (Å²) < 4.78 is 10.6. The molecule has 0 aliphatic carbocycles. The molecule has 0 fully saturated rings. The maximum absolute atomic E-state index is 5.87. The Kier molecular flexibility index (Phi) is 4.47. The molecule has 1 aromatic carbocycles. The minimum Gasteiger partial charge on any atom is -0.493 e. The number of methoxy groups -OCH3 is 2. The van der Waals surface area contributed by atoms with E-state index in [1.165, 1.54) is 11.1 Å². The number of rotatable bonds is 6. The Bertz CT molecular complexity index is 509. The lowest BCUT2D eigenvalue weighted by Crippen LogP contribution is -2.14. The normalized spacial score (nSPS) is 12.2. The van der Waals surface area contributed by atoms with Crippen molar-refractivity contribution in [3.05, 3.63) is 47.8 Å². The van der Waals surface area contributed by atoms with Gasteiger partial charge in [-0.25, -0.2) is 0 Å². The number of ether oxygens (including phenoxy) is 2. The van der Waals surface area contributed by atoms with Crippen LogP contribution in [0.1, 0.15) is 17.0 Å². The molecule has 2 rings (SSSR count). The molecule has 4 nitrogen and oxygen atoms in total. The van der Waals surface area contributed by atoms with Crippen LogP contribution in [0, 0.1) is 0 Å². The van der Waals surface area contributed by atoms with Gasteiger partial charge in [0.25, 0.3) is 0 Å². The fourth-order valence-corrected chi connectivity index (χ4v) is 2.22. The topological polar surface area (TPSA) is 60.3 Å². The van der Waals surface area contributed by atoms with Gasteiger partial charge < -0.3 is 20.2 Å². The van der Waals surface area contributed by atoms with Crippen molar-refractivity contribution in [2.24, 2.45) is 5.73 Å². The zero-order valence-electron chi connectivity index (χ0n) is 11.3. The fraction of sp³-hybridized carbons (Fsp3) is 0.333. The Hall–Kier alpha value is -1.94. The number of nitrogens with one attached hydrogen (secondary N) is 1. The summed E-state index contributed by atoms with van der Waals surface area (Å²) in [6.45, 7) is 0.617. The maximum atomic E-state index is 5.87. The molecule has 4 heteroatoms. The van der Waals surface area contributed by atoms with E-state index in [2.05, 4.69) is 17.1 Å². The van der Waals surface area contributed by atoms with E-state index in [4.69, 9.17) is 15.2 Å². The smallest absolute Gasteiger partial charge is 0.160 e. The molecule has 102 valence electrons. The number of hydrogen-bond donors (Lipinski definition) is 2. The molecule has 1 unspecified atom stereocenters. The summed E-state index contributed by atoms with van der Waals surface area (Å²) in [6.07, 6.45) is 4.81. The minimum absolute atomic E-state index is 0.310. The number of hydrogen-bond acceptors (Lipinski definition) is 3. The molecule has 0 saturated carbocycles. The number of aromatic amines is 1. The molecule has 0 saturated heterocycles. The second-order valence-corrected chi connectivity index (χ2v) is 4.47. The predicted octanol–water partition coefficient (Wildman–Crippen LogP) is 2.32. The molecule has 0 radical (unpaired) electrons. The van der Waals surface area contributed by atoms with Gasteiger partial charge in [-0.3, -0.25) is 0 Å². The summed E-state index contributed by atoms with van der Waals surface area (Å²) in [5.74, 6) is 1.81. The molecule has 1 heterocycles. The monoisotopic (exact) mass is 260 g/mol. The van der Waals surface area contributed by atoms with Gasteiger partial charge in [-0.1, -0.05) is 6.07 Å². The van der Waals surface area contributed by atoms with Crippen LogP contribution < -0.4 is 15.2 Å². The van der Waals surface area contributed by atoms with Crippen molar-refractivity contribution < 1.29 is 9.47 Å². The van der Waals surface area contributed by atoms with E-state index >= 15 is 0 Å². The third kappa shape index (κ3) is 3.09. The van der Waals surface area contributed by atoms with E-state index in [9.17, 15) is 0 Å². The van der Waals surface area contributed by atoms with Crippen LogP contribution in [0.2, 0.25) is 0 Å². The summed E-state index contributed by atoms with van der Waals surface area (Å²) in [7, 11) is 3.29. The molecular formula is C15H20N2O2. The van der Waals surface area contributed by atoms with E-state index in [0.29, 0.717) is 12.5 Å². The second-order valence-electron chi connectivity index (χ2n) is 4.47. The van der Waals surface area contributed by atoms with Crippen molar-refractivity contribution in [2.75, 3.05) is 20.8 Å². The van der Waals surface area contributed by atoms with Gasteiger partial charge in [0.1, 0.15) is 0 Å². The molecule has 1 atom stereocenters. The largest absolute Gasteiger partial charge is 0.493 e. The number of aromatic nitrogens is 1. The van der Waals surface area contributed by atoms with Crippen molar-refractivity contribution in [3.63, 3.8) is 0 Å². The van der Waals surface area contributed by atoms with Gasteiger partial charge in [0.05, 0.1) is 14.2 Å². The lowest BCUT2D eigenvalue weighted by molar-refractivity contribution is 0.354. The molecule has 0 amide bonds. The van der Waals surface area contributed by atoms with E-state index in [0.717, 1.165) is 17.9 Å². The Morgan fingerprint density at radius 1 is 1.16 bits per heavy atom. The molecule has 2 aromatic rings. The van der Waals surface area contributed by atoms with Crippen LogP contribution in [0.15, 0.2) is 36.7 Å². The predicted molar refractivity (Wildman–Crippen MR) is 75.8 cm³/mol. The van der Waals surface area contributed by atoms with Gasteiger partial charge in [0, 0.05) is 18.3 Å². The lowest BCUT2D eigenvalue weighted by atomic mass is 9.94. The highest BCUT2D eigenvalue weighted by Crippen LogP contribution is 2.29.